The molecule has 0 unspecified atom stereocenters. The maximum Gasteiger partial charge on any atom is 0.407 e. The minimum atomic E-state index is -0.229. The van der Waals surface area contributed by atoms with Crippen molar-refractivity contribution in [3.63, 3.8) is 0 Å². The highest BCUT2D eigenvalue weighted by atomic mass is 16.6. The molecular weight excluding hydrogens is 202 g/mol. The molecule has 0 aromatic rings. The van der Waals surface area contributed by atoms with Crippen molar-refractivity contribution >= 4 is 6.09 Å². The summed E-state index contributed by atoms with van der Waals surface area (Å²) in [5, 5.41) is 3.00. The Labute approximate surface area is 97.9 Å². The van der Waals surface area contributed by atoms with Crippen LogP contribution in [0.5, 0.6) is 0 Å². The normalized spacial score (nSPS) is 34.9. The van der Waals surface area contributed by atoms with Crippen molar-refractivity contribution < 1.29 is 9.53 Å². The molecule has 1 saturated heterocycles. The van der Waals surface area contributed by atoms with Gasteiger partial charge in [-0.05, 0) is 37.0 Å². The fourth-order valence-corrected chi connectivity index (χ4v) is 3.00. The van der Waals surface area contributed by atoms with Gasteiger partial charge in [-0.3, -0.25) is 0 Å². The van der Waals surface area contributed by atoms with E-state index < -0.39 is 0 Å². The molecule has 1 heterocycles. The van der Waals surface area contributed by atoms with Crippen LogP contribution in [0.15, 0.2) is 0 Å². The van der Waals surface area contributed by atoms with Crippen LogP contribution in [0.4, 0.5) is 4.79 Å². The van der Waals surface area contributed by atoms with Gasteiger partial charge in [0, 0.05) is 0 Å². The predicted molar refractivity (Wildman–Crippen MR) is 63.2 cm³/mol. The number of ether oxygens (including phenoxy) is 1. The third kappa shape index (κ3) is 2.04. The summed E-state index contributed by atoms with van der Waals surface area (Å²) in [5.74, 6) is 0.792. The first-order chi connectivity index (χ1) is 7.47. The summed E-state index contributed by atoms with van der Waals surface area (Å²) < 4.78 is 5.04. The van der Waals surface area contributed by atoms with Gasteiger partial charge in [-0.15, -0.1) is 0 Å². The Bertz CT molecular complexity index is 278. The predicted octanol–water partition coefficient (Wildman–Crippen LogP) is 3.09. The Morgan fingerprint density at radius 3 is 2.50 bits per heavy atom. The van der Waals surface area contributed by atoms with Crippen molar-refractivity contribution in [3.05, 3.63) is 0 Å². The van der Waals surface area contributed by atoms with E-state index in [4.69, 9.17) is 4.74 Å². The van der Waals surface area contributed by atoms with Gasteiger partial charge in [-0.25, -0.2) is 4.79 Å². The van der Waals surface area contributed by atoms with E-state index in [-0.39, 0.29) is 11.6 Å². The van der Waals surface area contributed by atoms with Crippen molar-refractivity contribution in [2.75, 3.05) is 6.61 Å². The van der Waals surface area contributed by atoms with Gasteiger partial charge in [0.1, 0.15) is 6.61 Å². The van der Waals surface area contributed by atoms with Crippen LogP contribution in [0.2, 0.25) is 0 Å². The molecule has 0 radical (unpaired) electrons. The SMILES string of the molecule is CCC(C)(C)C1CCC2(CC1)COC(=O)N2. The second-order valence-corrected chi connectivity index (χ2v) is 6.10. The zero-order chi connectivity index (χ0) is 11.8. The lowest BCUT2D eigenvalue weighted by Gasteiger charge is -2.42. The number of alkyl carbamates (subject to hydrolysis) is 1. The maximum absolute atomic E-state index is 11.1. The number of carbonyl (C=O) groups excluding carboxylic acids is 1. The van der Waals surface area contributed by atoms with E-state index in [9.17, 15) is 4.79 Å². The summed E-state index contributed by atoms with van der Waals surface area (Å²) in [6.45, 7) is 7.56. The highest BCUT2D eigenvalue weighted by molar-refractivity contribution is 5.70. The first-order valence-electron chi connectivity index (χ1n) is 6.42. The van der Waals surface area contributed by atoms with Crippen LogP contribution in [0.1, 0.15) is 52.9 Å². The van der Waals surface area contributed by atoms with E-state index in [0.717, 1.165) is 18.8 Å². The van der Waals surface area contributed by atoms with Crippen molar-refractivity contribution in [3.8, 4) is 0 Å². The highest BCUT2D eigenvalue weighted by Crippen LogP contribution is 2.44. The van der Waals surface area contributed by atoms with Crippen LogP contribution in [0.25, 0.3) is 0 Å². The molecule has 1 N–H and O–H groups in total. The zero-order valence-electron chi connectivity index (χ0n) is 10.6. The number of hydrogen-bond donors (Lipinski definition) is 1. The Morgan fingerprint density at radius 1 is 1.44 bits per heavy atom. The molecule has 0 atom stereocenters. The van der Waals surface area contributed by atoms with E-state index in [1.807, 2.05) is 0 Å². The van der Waals surface area contributed by atoms with Gasteiger partial charge in [0.15, 0.2) is 0 Å². The minimum Gasteiger partial charge on any atom is -0.447 e. The van der Waals surface area contributed by atoms with Gasteiger partial charge in [-0.2, -0.15) is 0 Å². The molecule has 0 bridgehead atoms. The molecule has 1 saturated carbocycles. The Hall–Kier alpha value is -0.730. The number of rotatable bonds is 2. The molecule has 3 nitrogen and oxygen atoms in total. The first kappa shape index (κ1) is 11.7. The van der Waals surface area contributed by atoms with Crippen LogP contribution in [-0.4, -0.2) is 18.2 Å². The largest absolute Gasteiger partial charge is 0.447 e. The molecular formula is C13H23NO2. The molecule has 0 aromatic heterocycles. The molecule has 2 aliphatic rings. The lowest BCUT2D eigenvalue weighted by atomic mass is 9.66. The highest BCUT2D eigenvalue weighted by Gasteiger charge is 2.44. The van der Waals surface area contributed by atoms with Crippen molar-refractivity contribution in [1.82, 2.24) is 5.32 Å². The average Bonchev–Trinajstić information content (AvgIpc) is 2.61. The van der Waals surface area contributed by atoms with E-state index in [1.165, 1.54) is 19.3 Å². The van der Waals surface area contributed by atoms with Crippen LogP contribution < -0.4 is 5.32 Å². The van der Waals surface area contributed by atoms with Crippen LogP contribution >= 0.6 is 0 Å². The summed E-state index contributed by atoms with van der Waals surface area (Å²) in [4.78, 5) is 11.1. The number of nitrogens with one attached hydrogen (secondary N) is 1. The second-order valence-electron chi connectivity index (χ2n) is 6.10. The summed E-state index contributed by atoms with van der Waals surface area (Å²) >= 11 is 0. The fraction of sp³-hybridized carbons (Fsp3) is 0.923. The Kier molecular flexibility index (Phi) is 2.89. The number of amides is 1. The quantitative estimate of drug-likeness (QED) is 0.784. The van der Waals surface area contributed by atoms with Gasteiger partial charge in [0.05, 0.1) is 5.54 Å². The van der Waals surface area contributed by atoms with Crippen LogP contribution in [0.3, 0.4) is 0 Å². The molecule has 1 spiro atoms. The first-order valence-corrected chi connectivity index (χ1v) is 6.42. The molecule has 3 heteroatoms. The molecule has 1 aliphatic heterocycles. The van der Waals surface area contributed by atoms with E-state index in [2.05, 4.69) is 26.1 Å². The summed E-state index contributed by atoms with van der Waals surface area (Å²) in [5.41, 5.74) is 0.405. The van der Waals surface area contributed by atoms with Gasteiger partial charge in [0.25, 0.3) is 0 Å². The van der Waals surface area contributed by atoms with Gasteiger partial charge < -0.3 is 10.1 Å². The van der Waals surface area contributed by atoms with Gasteiger partial charge >= 0.3 is 6.09 Å². The van der Waals surface area contributed by atoms with E-state index in [1.54, 1.807) is 0 Å². The Morgan fingerprint density at radius 2 is 2.06 bits per heavy atom. The zero-order valence-corrected chi connectivity index (χ0v) is 10.6. The maximum atomic E-state index is 11.1. The molecule has 1 amide bonds. The van der Waals surface area contributed by atoms with Crippen molar-refractivity contribution in [2.24, 2.45) is 11.3 Å². The number of carbonyl (C=O) groups is 1. The lowest BCUT2D eigenvalue weighted by molar-refractivity contribution is 0.0983. The fourth-order valence-electron chi connectivity index (χ4n) is 3.00. The second kappa shape index (κ2) is 3.94. The van der Waals surface area contributed by atoms with E-state index >= 15 is 0 Å². The monoisotopic (exact) mass is 225 g/mol. The lowest BCUT2D eigenvalue weighted by Crippen LogP contribution is -2.47. The molecule has 2 fully saturated rings. The van der Waals surface area contributed by atoms with Crippen molar-refractivity contribution in [2.45, 2.75) is 58.4 Å². The summed E-state index contributed by atoms with van der Waals surface area (Å²) in [6.07, 6.45) is 5.58. The molecule has 1 aliphatic carbocycles. The summed E-state index contributed by atoms with van der Waals surface area (Å²) in [6, 6.07) is 0. The van der Waals surface area contributed by atoms with Gasteiger partial charge in [0.2, 0.25) is 0 Å². The number of cyclic esters (lactones) is 1. The number of hydrogen-bond acceptors (Lipinski definition) is 2. The topological polar surface area (TPSA) is 38.3 Å². The third-order valence-corrected chi connectivity index (χ3v) is 4.81. The van der Waals surface area contributed by atoms with Gasteiger partial charge in [-0.1, -0.05) is 27.2 Å². The van der Waals surface area contributed by atoms with E-state index in [0.29, 0.717) is 12.0 Å². The molecule has 0 aromatic carbocycles. The molecule has 2 rings (SSSR count). The minimum absolute atomic E-state index is 0.0304. The average molecular weight is 225 g/mol. The Balaban J connectivity index is 1.94. The van der Waals surface area contributed by atoms with Crippen molar-refractivity contribution in [1.29, 1.82) is 0 Å². The molecule has 92 valence electrons. The summed E-state index contributed by atoms with van der Waals surface area (Å²) in [7, 11) is 0. The smallest absolute Gasteiger partial charge is 0.407 e. The molecule has 16 heavy (non-hydrogen) atoms. The standard InChI is InChI=1S/C13H23NO2/c1-4-12(2,3)10-5-7-13(8-6-10)9-16-11(15)14-13/h10H,4-9H2,1-3H3,(H,14,15). The van der Waals surface area contributed by atoms with Crippen LogP contribution in [0, 0.1) is 11.3 Å². The van der Waals surface area contributed by atoms with Crippen LogP contribution in [-0.2, 0) is 4.74 Å². The third-order valence-electron chi connectivity index (χ3n) is 4.81.